The van der Waals surface area contributed by atoms with Gasteiger partial charge in [0.25, 0.3) is 0 Å². The molecule has 3 rings (SSSR count). The topological polar surface area (TPSA) is 95.6 Å². The average molecular weight is 393 g/mol. The Morgan fingerprint density at radius 3 is 2.14 bits per heavy atom. The number of imide groups is 1. The van der Waals surface area contributed by atoms with Crippen molar-refractivity contribution in [3.63, 3.8) is 0 Å². The van der Waals surface area contributed by atoms with Gasteiger partial charge in [0.15, 0.2) is 0 Å². The molecule has 1 aliphatic heterocycles. The molecule has 2 aromatic rings. The highest BCUT2D eigenvalue weighted by atomic mass is 16.2. The third kappa shape index (κ3) is 6.00. The van der Waals surface area contributed by atoms with Crippen LogP contribution in [0.3, 0.4) is 0 Å². The fraction of sp³-hybridized carbons (Fsp3) is 0.273. The molecule has 0 atom stereocenters. The summed E-state index contributed by atoms with van der Waals surface area (Å²) in [5.41, 5.74) is 2.36. The van der Waals surface area contributed by atoms with Crippen LogP contribution in [0.15, 0.2) is 54.6 Å². The molecule has 0 unspecified atom stereocenters. The Kier molecular flexibility index (Phi) is 6.73. The second-order valence-electron chi connectivity index (χ2n) is 6.88. The number of anilines is 1. The molecule has 1 saturated heterocycles. The Bertz CT molecular complexity index is 878. The van der Waals surface area contributed by atoms with Crippen molar-refractivity contribution in [2.24, 2.45) is 0 Å². The van der Waals surface area contributed by atoms with Gasteiger partial charge in [0.05, 0.1) is 13.0 Å². The Hall–Kier alpha value is -3.48. The molecule has 2 N–H and O–H groups in total. The third-order valence-electron chi connectivity index (χ3n) is 4.61. The van der Waals surface area contributed by atoms with Crippen LogP contribution in [0.1, 0.15) is 30.4 Å². The predicted octanol–water partition coefficient (Wildman–Crippen LogP) is 2.02. The molecule has 0 aromatic heterocycles. The highest BCUT2D eigenvalue weighted by Crippen LogP contribution is 2.17. The number of amides is 4. The third-order valence-corrected chi connectivity index (χ3v) is 4.61. The number of hydrogen-bond acceptors (Lipinski definition) is 4. The minimum absolute atomic E-state index is 0.126. The van der Waals surface area contributed by atoms with Crippen molar-refractivity contribution in [3.8, 4) is 0 Å². The fourth-order valence-electron chi connectivity index (χ4n) is 3.06. The first-order chi connectivity index (χ1) is 14.0. The molecule has 4 amide bonds. The molecule has 0 radical (unpaired) electrons. The molecule has 7 heteroatoms. The lowest BCUT2D eigenvalue weighted by Crippen LogP contribution is -2.29. The van der Waals surface area contributed by atoms with Crippen LogP contribution in [0.2, 0.25) is 0 Å². The van der Waals surface area contributed by atoms with Gasteiger partial charge in [-0.2, -0.15) is 0 Å². The van der Waals surface area contributed by atoms with Crippen LogP contribution in [0.4, 0.5) is 5.69 Å². The summed E-state index contributed by atoms with van der Waals surface area (Å²) in [5, 5.41) is 5.50. The molecular weight excluding hydrogens is 370 g/mol. The molecular formula is C22H23N3O4. The normalized spacial score (nSPS) is 13.4. The van der Waals surface area contributed by atoms with Gasteiger partial charge in [0, 0.05) is 31.5 Å². The summed E-state index contributed by atoms with van der Waals surface area (Å²) in [4.78, 5) is 48.5. The number of rotatable bonds is 8. The van der Waals surface area contributed by atoms with Gasteiger partial charge in [0.2, 0.25) is 23.6 Å². The van der Waals surface area contributed by atoms with Crippen molar-refractivity contribution in [1.82, 2.24) is 10.2 Å². The second-order valence-corrected chi connectivity index (χ2v) is 6.88. The lowest BCUT2D eigenvalue weighted by Gasteiger charge is -2.14. The monoisotopic (exact) mass is 393 g/mol. The number of likely N-dealkylation sites (tertiary alicyclic amines) is 1. The Balaban J connectivity index is 1.39. The Morgan fingerprint density at radius 2 is 1.48 bits per heavy atom. The van der Waals surface area contributed by atoms with E-state index in [9.17, 15) is 19.2 Å². The molecule has 2 aromatic carbocycles. The van der Waals surface area contributed by atoms with E-state index in [1.807, 2.05) is 30.3 Å². The van der Waals surface area contributed by atoms with Gasteiger partial charge in [0.1, 0.15) is 0 Å². The molecule has 0 saturated carbocycles. The predicted molar refractivity (Wildman–Crippen MR) is 108 cm³/mol. The number of carbonyl (C=O) groups excluding carboxylic acids is 4. The SMILES string of the molecule is O=C(Cc1ccccc1)NCCC(=O)Nc1ccc(CN2C(=O)CCC2=O)cc1. The zero-order chi connectivity index (χ0) is 20.6. The van der Waals surface area contributed by atoms with E-state index in [0.717, 1.165) is 11.1 Å². The first kappa shape index (κ1) is 20.3. The molecule has 0 bridgehead atoms. The summed E-state index contributed by atoms with van der Waals surface area (Å²) in [6.07, 6.45) is 0.995. The maximum atomic E-state index is 12.0. The van der Waals surface area contributed by atoms with Gasteiger partial charge in [-0.25, -0.2) is 0 Å². The van der Waals surface area contributed by atoms with Gasteiger partial charge >= 0.3 is 0 Å². The summed E-state index contributed by atoms with van der Waals surface area (Å²) in [6.45, 7) is 0.508. The van der Waals surface area contributed by atoms with E-state index in [2.05, 4.69) is 10.6 Å². The summed E-state index contributed by atoms with van der Waals surface area (Å²) >= 11 is 0. The van der Waals surface area contributed by atoms with E-state index in [-0.39, 0.29) is 62.4 Å². The van der Waals surface area contributed by atoms with E-state index >= 15 is 0 Å². The smallest absolute Gasteiger partial charge is 0.229 e. The number of carbonyl (C=O) groups is 4. The average Bonchev–Trinajstić information content (AvgIpc) is 3.02. The highest BCUT2D eigenvalue weighted by Gasteiger charge is 2.28. The van der Waals surface area contributed by atoms with Crippen molar-refractivity contribution in [2.45, 2.75) is 32.2 Å². The van der Waals surface area contributed by atoms with Crippen molar-refractivity contribution in [1.29, 1.82) is 0 Å². The lowest BCUT2D eigenvalue weighted by atomic mass is 10.1. The minimum atomic E-state index is -0.206. The standard InChI is InChI=1S/C22H23N3O4/c26-19(12-13-23-20(27)14-16-4-2-1-3-5-16)24-18-8-6-17(7-9-18)15-25-21(28)10-11-22(25)29/h1-9H,10-15H2,(H,23,27)(H,24,26). The molecule has 0 aliphatic carbocycles. The largest absolute Gasteiger partial charge is 0.355 e. The molecule has 1 aliphatic rings. The van der Waals surface area contributed by atoms with Crippen LogP contribution in [0, 0.1) is 0 Å². The number of nitrogens with zero attached hydrogens (tertiary/aromatic N) is 1. The lowest BCUT2D eigenvalue weighted by molar-refractivity contribution is -0.139. The quantitative estimate of drug-likeness (QED) is 0.671. The van der Waals surface area contributed by atoms with Gasteiger partial charge in [-0.3, -0.25) is 24.1 Å². The van der Waals surface area contributed by atoms with E-state index < -0.39 is 0 Å². The number of benzene rings is 2. The number of nitrogens with one attached hydrogen (secondary N) is 2. The maximum absolute atomic E-state index is 12.0. The summed E-state index contributed by atoms with van der Waals surface area (Å²) < 4.78 is 0. The van der Waals surface area contributed by atoms with Gasteiger partial charge in [-0.05, 0) is 23.3 Å². The van der Waals surface area contributed by atoms with Crippen LogP contribution >= 0.6 is 0 Å². The summed E-state index contributed by atoms with van der Waals surface area (Å²) in [5.74, 6) is -0.634. The Morgan fingerprint density at radius 1 is 0.828 bits per heavy atom. The summed E-state index contributed by atoms with van der Waals surface area (Å²) in [6, 6.07) is 16.4. The molecule has 7 nitrogen and oxygen atoms in total. The van der Waals surface area contributed by atoms with Crippen LogP contribution < -0.4 is 10.6 Å². The molecule has 29 heavy (non-hydrogen) atoms. The van der Waals surface area contributed by atoms with Crippen molar-refractivity contribution in [3.05, 3.63) is 65.7 Å². The number of hydrogen-bond donors (Lipinski definition) is 2. The summed E-state index contributed by atoms with van der Waals surface area (Å²) in [7, 11) is 0. The van der Waals surface area contributed by atoms with Crippen molar-refractivity contribution in [2.75, 3.05) is 11.9 Å². The van der Waals surface area contributed by atoms with E-state index in [4.69, 9.17) is 0 Å². The molecule has 1 heterocycles. The van der Waals surface area contributed by atoms with Crippen molar-refractivity contribution < 1.29 is 19.2 Å². The zero-order valence-electron chi connectivity index (χ0n) is 16.0. The molecule has 0 spiro atoms. The van der Waals surface area contributed by atoms with Crippen LogP contribution in [0.25, 0.3) is 0 Å². The first-order valence-electron chi connectivity index (χ1n) is 9.54. The van der Waals surface area contributed by atoms with Gasteiger partial charge < -0.3 is 10.6 Å². The van der Waals surface area contributed by atoms with Crippen molar-refractivity contribution >= 4 is 29.3 Å². The van der Waals surface area contributed by atoms with Gasteiger partial charge in [-0.15, -0.1) is 0 Å². The second kappa shape index (κ2) is 9.64. The zero-order valence-corrected chi connectivity index (χ0v) is 16.0. The van der Waals surface area contributed by atoms with E-state index in [0.29, 0.717) is 5.69 Å². The minimum Gasteiger partial charge on any atom is -0.355 e. The fourth-order valence-corrected chi connectivity index (χ4v) is 3.06. The maximum Gasteiger partial charge on any atom is 0.229 e. The molecule has 1 fully saturated rings. The highest BCUT2D eigenvalue weighted by molar-refractivity contribution is 6.01. The van der Waals surface area contributed by atoms with Crippen LogP contribution in [0.5, 0.6) is 0 Å². The Labute approximate surface area is 169 Å². The van der Waals surface area contributed by atoms with Gasteiger partial charge in [-0.1, -0.05) is 42.5 Å². The van der Waals surface area contributed by atoms with E-state index in [1.54, 1.807) is 24.3 Å². The van der Waals surface area contributed by atoms with E-state index in [1.165, 1.54) is 4.90 Å². The molecule has 150 valence electrons. The first-order valence-corrected chi connectivity index (χ1v) is 9.54. The van der Waals surface area contributed by atoms with Crippen LogP contribution in [-0.2, 0) is 32.1 Å². The van der Waals surface area contributed by atoms with Crippen LogP contribution in [-0.4, -0.2) is 35.1 Å².